The minimum atomic E-state index is -1.51. The number of rotatable bonds is 5. The van der Waals surface area contributed by atoms with Gasteiger partial charge in [0.05, 0.1) is 31.8 Å². The third-order valence-corrected chi connectivity index (χ3v) is 15.5. The first-order valence-corrected chi connectivity index (χ1v) is 17.8. The maximum absolute atomic E-state index is 13.5. The molecule has 1 aliphatic heterocycles. The summed E-state index contributed by atoms with van der Waals surface area (Å²) in [4.78, 5) is 13.5. The fourth-order valence-corrected chi connectivity index (χ4v) is 12.4. The molecular weight excluding hydrogens is 588 g/mol. The summed E-state index contributed by atoms with van der Waals surface area (Å²) in [7, 11) is 1.55. The van der Waals surface area contributed by atoms with Crippen molar-refractivity contribution < 1.29 is 44.5 Å². The first-order valence-electron chi connectivity index (χ1n) is 17.8. The summed E-state index contributed by atoms with van der Waals surface area (Å²) in [5.74, 6) is 0.692. The van der Waals surface area contributed by atoms with Gasteiger partial charge in [0.1, 0.15) is 24.4 Å². The zero-order valence-electron chi connectivity index (χ0n) is 29.1. The van der Waals surface area contributed by atoms with E-state index in [0.717, 1.165) is 57.8 Å². The van der Waals surface area contributed by atoms with Crippen LogP contribution in [0.4, 0.5) is 0 Å². The summed E-state index contributed by atoms with van der Waals surface area (Å²) in [5.41, 5.74) is 0.500. The third kappa shape index (κ3) is 4.68. The molecule has 0 spiro atoms. The van der Waals surface area contributed by atoms with Crippen molar-refractivity contribution in [1.29, 1.82) is 0 Å². The van der Waals surface area contributed by atoms with Crippen LogP contribution >= 0.6 is 0 Å². The van der Waals surface area contributed by atoms with Gasteiger partial charge in [0.25, 0.3) is 0 Å². The molecule has 5 N–H and O–H groups in total. The van der Waals surface area contributed by atoms with E-state index in [1.165, 1.54) is 5.57 Å². The Labute approximate surface area is 275 Å². The van der Waals surface area contributed by atoms with Gasteiger partial charge in [0.2, 0.25) is 0 Å². The lowest BCUT2D eigenvalue weighted by molar-refractivity contribution is -0.333. The number of allylic oxidation sites excluding steroid dienone is 2. The van der Waals surface area contributed by atoms with E-state index in [1.54, 1.807) is 7.11 Å². The van der Waals surface area contributed by atoms with Crippen LogP contribution in [0.2, 0.25) is 0 Å². The lowest BCUT2D eigenvalue weighted by atomic mass is 9.33. The molecule has 0 aromatic heterocycles. The van der Waals surface area contributed by atoms with Gasteiger partial charge < -0.3 is 39.7 Å². The van der Waals surface area contributed by atoms with E-state index in [-0.39, 0.29) is 46.1 Å². The summed E-state index contributed by atoms with van der Waals surface area (Å²) < 4.78 is 17.7. The molecule has 0 aromatic rings. The van der Waals surface area contributed by atoms with Crippen molar-refractivity contribution in [2.75, 3.05) is 20.3 Å². The molecule has 0 radical (unpaired) electrons. The SMILES string of the molecule is COC(=O)C12CCC(C)(C)CC1C1=CCC3C4(C)CCC(OC5OC(CO)C(O)C(O)C5O)C(C)(CO)C4CCC3(C)C1(C)CC2. The standard InChI is InChI=1S/C37H60O9/c1-32(2)14-16-37(31(43)44-7)17-15-35(5)21(22(37)18-32)8-9-25-33(3)12-11-26(34(4,20-39)24(33)10-13-36(25,35)6)46-30-29(42)28(41)27(40)23(19-38)45-30/h8,22-30,38-42H,9-20H2,1-7H3. The number of aliphatic hydroxyl groups is 5. The number of hydrogen-bond acceptors (Lipinski definition) is 9. The number of carbonyl (C=O) groups excluding carboxylic acids is 1. The highest BCUT2D eigenvalue weighted by Crippen LogP contribution is 2.76. The maximum atomic E-state index is 13.5. The fourth-order valence-electron chi connectivity index (χ4n) is 12.4. The molecule has 9 nitrogen and oxygen atoms in total. The second-order valence-corrected chi connectivity index (χ2v) is 17.9. The zero-order chi connectivity index (χ0) is 33.7. The average molecular weight is 649 g/mol. The predicted octanol–water partition coefficient (Wildman–Crippen LogP) is 4.12. The molecule has 0 aromatic carbocycles. The molecule has 6 rings (SSSR count). The van der Waals surface area contributed by atoms with Gasteiger partial charge in [0.15, 0.2) is 6.29 Å². The van der Waals surface area contributed by atoms with Gasteiger partial charge in [-0.3, -0.25) is 4.79 Å². The monoisotopic (exact) mass is 648 g/mol. The molecular formula is C37H60O9. The number of carbonyl (C=O) groups is 1. The quantitative estimate of drug-likeness (QED) is 0.169. The van der Waals surface area contributed by atoms with Gasteiger partial charge in [-0.1, -0.05) is 53.2 Å². The van der Waals surface area contributed by atoms with E-state index in [9.17, 15) is 30.3 Å². The van der Waals surface area contributed by atoms with Gasteiger partial charge in [-0.2, -0.15) is 0 Å². The Hall–Kier alpha value is -1.07. The minimum absolute atomic E-state index is 0.0214. The number of ether oxygens (including phenoxy) is 3. The average Bonchev–Trinajstić information content (AvgIpc) is 3.02. The van der Waals surface area contributed by atoms with Gasteiger partial charge in [-0.05, 0) is 104 Å². The number of esters is 1. The zero-order valence-corrected chi connectivity index (χ0v) is 29.1. The van der Waals surface area contributed by atoms with Crippen molar-refractivity contribution in [3.05, 3.63) is 11.6 Å². The first kappa shape index (κ1) is 34.8. The summed E-state index contributed by atoms with van der Waals surface area (Å²) in [6, 6.07) is 0. The van der Waals surface area contributed by atoms with E-state index in [4.69, 9.17) is 14.2 Å². The molecule has 14 atom stereocenters. The lowest BCUT2D eigenvalue weighted by Gasteiger charge is -2.71. The van der Waals surface area contributed by atoms with Crippen LogP contribution in [0.1, 0.15) is 106 Å². The number of hydrogen-bond donors (Lipinski definition) is 5. The first-order chi connectivity index (χ1) is 21.5. The highest BCUT2D eigenvalue weighted by atomic mass is 16.7. The van der Waals surface area contributed by atoms with Gasteiger partial charge >= 0.3 is 5.97 Å². The van der Waals surface area contributed by atoms with Crippen molar-refractivity contribution >= 4 is 5.97 Å². The van der Waals surface area contributed by atoms with Crippen molar-refractivity contribution in [2.24, 2.45) is 50.2 Å². The Balaban J connectivity index is 1.31. The van der Waals surface area contributed by atoms with E-state index >= 15 is 0 Å². The molecule has 5 fully saturated rings. The van der Waals surface area contributed by atoms with Crippen LogP contribution in [0.5, 0.6) is 0 Å². The largest absolute Gasteiger partial charge is 0.469 e. The molecule has 4 saturated carbocycles. The summed E-state index contributed by atoms with van der Waals surface area (Å²) in [6.45, 7) is 13.6. The minimum Gasteiger partial charge on any atom is -0.469 e. The highest BCUT2D eigenvalue weighted by molar-refractivity contribution is 5.78. The smallest absolute Gasteiger partial charge is 0.312 e. The van der Waals surface area contributed by atoms with E-state index < -0.39 is 54.2 Å². The van der Waals surface area contributed by atoms with Crippen LogP contribution in [0, 0.1) is 50.2 Å². The summed E-state index contributed by atoms with van der Waals surface area (Å²) in [6.07, 6.45) is 4.57. The fraction of sp³-hybridized carbons (Fsp3) is 0.919. The molecule has 0 bridgehead atoms. The topological polar surface area (TPSA) is 146 Å². The maximum Gasteiger partial charge on any atom is 0.312 e. The molecule has 6 aliphatic rings. The van der Waals surface area contributed by atoms with Crippen molar-refractivity contribution in [3.8, 4) is 0 Å². The van der Waals surface area contributed by atoms with Crippen LogP contribution in [0.15, 0.2) is 11.6 Å². The molecule has 5 aliphatic carbocycles. The van der Waals surface area contributed by atoms with Crippen LogP contribution < -0.4 is 0 Å². The van der Waals surface area contributed by atoms with E-state index in [0.29, 0.717) is 12.3 Å². The number of aliphatic hydroxyl groups excluding tert-OH is 5. The van der Waals surface area contributed by atoms with Crippen LogP contribution in [-0.4, -0.2) is 88.6 Å². The second-order valence-electron chi connectivity index (χ2n) is 17.9. The summed E-state index contributed by atoms with van der Waals surface area (Å²) in [5, 5.41) is 52.2. The molecule has 1 heterocycles. The Kier molecular flexibility index (Phi) is 8.69. The summed E-state index contributed by atoms with van der Waals surface area (Å²) >= 11 is 0. The number of fused-ring (bicyclic) bond motifs is 7. The van der Waals surface area contributed by atoms with E-state index in [2.05, 4.69) is 47.6 Å². The Morgan fingerprint density at radius 1 is 0.891 bits per heavy atom. The Morgan fingerprint density at radius 2 is 1.59 bits per heavy atom. The molecule has 14 unspecified atom stereocenters. The lowest BCUT2D eigenvalue weighted by Crippen LogP contribution is -2.67. The molecule has 0 amide bonds. The van der Waals surface area contributed by atoms with Gasteiger partial charge in [0, 0.05) is 5.41 Å². The number of methoxy groups -OCH3 is 1. The molecule has 9 heteroatoms. The molecule has 46 heavy (non-hydrogen) atoms. The van der Waals surface area contributed by atoms with Crippen molar-refractivity contribution in [2.45, 2.75) is 143 Å². The van der Waals surface area contributed by atoms with Gasteiger partial charge in [-0.25, -0.2) is 0 Å². The third-order valence-electron chi connectivity index (χ3n) is 15.5. The molecule has 262 valence electrons. The Morgan fingerprint density at radius 3 is 2.24 bits per heavy atom. The van der Waals surface area contributed by atoms with Gasteiger partial charge in [-0.15, -0.1) is 0 Å². The second kappa shape index (κ2) is 11.5. The van der Waals surface area contributed by atoms with Crippen molar-refractivity contribution in [1.82, 2.24) is 0 Å². The van der Waals surface area contributed by atoms with Crippen molar-refractivity contribution in [3.63, 3.8) is 0 Å². The predicted molar refractivity (Wildman–Crippen MR) is 171 cm³/mol. The van der Waals surface area contributed by atoms with Crippen LogP contribution in [0.25, 0.3) is 0 Å². The van der Waals surface area contributed by atoms with Crippen LogP contribution in [-0.2, 0) is 19.0 Å². The van der Waals surface area contributed by atoms with E-state index in [1.807, 2.05) is 0 Å². The highest BCUT2D eigenvalue weighted by Gasteiger charge is 2.70. The Bertz CT molecular complexity index is 1220. The van der Waals surface area contributed by atoms with Crippen LogP contribution in [0.3, 0.4) is 0 Å². The normalized spacial score (nSPS) is 53.1. The molecule has 1 saturated heterocycles.